The van der Waals surface area contributed by atoms with E-state index in [1.807, 2.05) is 36.1 Å². The number of methoxy groups -OCH3 is 1. The van der Waals surface area contributed by atoms with Crippen molar-refractivity contribution >= 4 is 11.8 Å². The average molecular weight is 333 g/mol. The highest BCUT2D eigenvalue weighted by molar-refractivity contribution is 5.96. The molecule has 0 bridgehead atoms. The van der Waals surface area contributed by atoms with Crippen LogP contribution in [0.3, 0.4) is 0 Å². The second-order valence-corrected chi connectivity index (χ2v) is 6.07. The first-order valence-electron chi connectivity index (χ1n) is 8.45. The van der Waals surface area contributed by atoms with Gasteiger partial charge in [0.1, 0.15) is 6.54 Å². The molecule has 0 atom stereocenters. The number of hydrogen-bond donors (Lipinski definition) is 1. The summed E-state index contributed by atoms with van der Waals surface area (Å²) < 4.78 is 5.07. The second kappa shape index (κ2) is 9.39. The zero-order valence-electron chi connectivity index (χ0n) is 14.6. The van der Waals surface area contributed by atoms with E-state index in [0.29, 0.717) is 38.2 Å². The van der Waals surface area contributed by atoms with Crippen molar-refractivity contribution in [3.63, 3.8) is 0 Å². The van der Waals surface area contributed by atoms with Crippen molar-refractivity contribution in [3.8, 4) is 0 Å². The Morgan fingerprint density at radius 3 is 2.50 bits per heavy atom. The summed E-state index contributed by atoms with van der Waals surface area (Å²) in [4.78, 5) is 28.7. The standard InChI is InChI=1S/C18H27N3O3/c1-15-4-6-16(7-5-15)18(23)21(10-3-13-24-2)14-17(22)20-11-8-19-9-12-20/h4-7,19H,3,8-14H2,1-2H3. The number of aryl methyl sites for hydroxylation is 1. The lowest BCUT2D eigenvalue weighted by atomic mass is 10.1. The zero-order valence-corrected chi connectivity index (χ0v) is 14.6. The largest absolute Gasteiger partial charge is 0.385 e. The molecule has 2 rings (SSSR count). The summed E-state index contributed by atoms with van der Waals surface area (Å²) in [6.07, 6.45) is 0.711. The van der Waals surface area contributed by atoms with Gasteiger partial charge < -0.3 is 19.9 Å². The molecule has 1 aliphatic heterocycles. The fourth-order valence-corrected chi connectivity index (χ4v) is 2.71. The van der Waals surface area contributed by atoms with Gasteiger partial charge in [0.05, 0.1) is 0 Å². The molecule has 6 nitrogen and oxygen atoms in total. The van der Waals surface area contributed by atoms with Crippen LogP contribution >= 0.6 is 0 Å². The number of piperazine rings is 1. The predicted molar refractivity (Wildman–Crippen MR) is 93.0 cm³/mol. The first kappa shape index (κ1) is 18.4. The minimum atomic E-state index is -0.102. The monoisotopic (exact) mass is 333 g/mol. The van der Waals surface area contributed by atoms with E-state index in [2.05, 4.69) is 5.32 Å². The van der Waals surface area contributed by atoms with Crippen LogP contribution < -0.4 is 5.32 Å². The highest BCUT2D eigenvalue weighted by atomic mass is 16.5. The number of carbonyl (C=O) groups is 2. The van der Waals surface area contributed by atoms with Crippen LogP contribution in [0.4, 0.5) is 0 Å². The van der Waals surface area contributed by atoms with Gasteiger partial charge in [0.25, 0.3) is 5.91 Å². The summed E-state index contributed by atoms with van der Waals surface area (Å²) in [7, 11) is 1.64. The minimum Gasteiger partial charge on any atom is -0.385 e. The van der Waals surface area contributed by atoms with Crippen LogP contribution in [-0.2, 0) is 9.53 Å². The number of carbonyl (C=O) groups excluding carboxylic acids is 2. The topological polar surface area (TPSA) is 61.9 Å². The van der Waals surface area contributed by atoms with Crippen LogP contribution in [-0.4, -0.2) is 74.6 Å². The third-order valence-corrected chi connectivity index (χ3v) is 4.16. The van der Waals surface area contributed by atoms with Crippen molar-refractivity contribution in [2.24, 2.45) is 0 Å². The summed E-state index contributed by atoms with van der Waals surface area (Å²) >= 11 is 0. The second-order valence-electron chi connectivity index (χ2n) is 6.07. The maximum absolute atomic E-state index is 12.8. The van der Waals surface area contributed by atoms with Crippen LogP contribution in [0.15, 0.2) is 24.3 Å². The summed E-state index contributed by atoms with van der Waals surface area (Å²) in [6, 6.07) is 7.46. The first-order valence-corrected chi connectivity index (χ1v) is 8.45. The van der Waals surface area contributed by atoms with Gasteiger partial charge in [-0.1, -0.05) is 17.7 Å². The van der Waals surface area contributed by atoms with Crippen LogP contribution in [0.25, 0.3) is 0 Å². The number of ether oxygens (including phenoxy) is 1. The van der Waals surface area contributed by atoms with E-state index in [-0.39, 0.29) is 18.4 Å². The molecule has 0 spiro atoms. The van der Waals surface area contributed by atoms with E-state index in [4.69, 9.17) is 4.74 Å². The van der Waals surface area contributed by atoms with Gasteiger partial charge in [-0.15, -0.1) is 0 Å². The zero-order chi connectivity index (χ0) is 17.4. The van der Waals surface area contributed by atoms with Crippen molar-refractivity contribution in [1.82, 2.24) is 15.1 Å². The van der Waals surface area contributed by atoms with Gasteiger partial charge in [-0.25, -0.2) is 0 Å². The molecule has 1 aromatic carbocycles. The molecule has 1 N–H and O–H groups in total. The van der Waals surface area contributed by atoms with Crippen LogP contribution in [0.1, 0.15) is 22.3 Å². The fraction of sp³-hybridized carbons (Fsp3) is 0.556. The lowest BCUT2D eigenvalue weighted by Gasteiger charge is -2.30. The molecule has 0 aliphatic carbocycles. The van der Waals surface area contributed by atoms with Gasteiger partial charge >= 0.3 is 0 Å². The smallest absolute Gasteiger partial charge is 0.254 e. The minimum absolute atomic E-state index is 0.00868. The van der Waals surface area contributed by atoms with Crippen molar-refractivity contribution in [3.05, 3.63) is 35.4 Å². The quantitative estimate of drug-likeness (QED) is 0.754. The molecule has 132 valence electrons. The Morgan fingerprint density at radius 2 is 1.88 bits per heavy atom. The number of benzene rings is 1. The van der Waals surface area contributed by atoms with Gasteiger partial charge in [-0.3, -0.25) is 9.59 Å². The van der Waals surface area contributed by atoms with Crippen molar-refractivity contribution in [2.45, 2.75) is 13.3 Å². The molecule has 2 amide bonds. The number of hydrogen-bond acceptors (Lipinski definition) is 4. The maximum atomic E-state index is 12.8. The highest BCUT2D eigenvalue weighted by Crippen LogP contribution is 2.09. The number of amides is 2. The number of nitrogens with one attached hydrogen (secondary N) is 1. The molecule has 1 aromatic rings. The molecule has 1 fully saturated rings. The van der Waals surface area contributed by atoms with Gasteiger partial charge in [-0.2, -0.15) is 0 Å². The lowest BCUT2D eigenvalue weighted by molar-refractivity contribution is -0.132. The molecular weight excluding hydrogens is 306 g/mol. The van der Waals surface area contributed by atoms with Gasteiger partial charge in [0.15, 0.2) is 0 Å². The van der Waals surface area contributed by atoms with Crippen molar-refractivity contribution in [2.75, 3.05) is 53.0 Å². The fourth-order valence-electron chi connectivity index (χ4n) is 2.71. The Balaban J connectivity index is 2.03. The predicted octanol–water partition coefficient (Wildman–Crippen LogP) is 0.906. The molecular formula is C18H27N3O3. The van der Waals surface area contributed by atoms with Gasteiger partial charge in [0, 0.05) is 52.0 Å². The summed E-state index contributed by atoms with van der Waals surface area (Å²) in [5.41, 5.74) is 1.72. The summed E-state index contributed by atoms with van der Waals surface area (Å²) in [6.45, 7) is 6.20. The Morgan fingerprint density at radius 1 is 1.21 bits per heavy atom. The third-order valence-electron chi connectivity index (χ3n) is 4.16. The van der Waals surface area contributed by atoms with E-state index in [1.165, 1.54) is 0 Å². The number of rotatable bonds is 7. The maximum Gasteiger partial charge on any atom is 0.254 e. The highest BCUT2D eigenvalue weighted by Gasteiger charge is 2.23. The van der Waals surface area contributed by atoms with E-state index in [0.717, 1.165) is 18.7 Å². The van der Waals surface area contributed by atoms with Gasteiger partial charge in [0.2, 0.25) is 5.91 Å². The van der Waals surface area contributed by atoms with E-state index < -0.39 is 0 Å². The molecule has 0 unspecified atom stereocenters. The third kappa shape index (κ3) is 5.32. The van der Waals surface area contributed by atoms with E-state index in [9.17, 15) is 9.59 Å². The first-order chi connectivity index (χ1) is 11.6. The van der Waals surface area contributed by atoms with Crippen molar-refractivity contribution in [1.29, 1.82) is 0 Å². The number of nitrogens with zero attached hydrogens (tertiary/aromatic N) is 2. The van der Waals surface area contributed by atoms with Crippen LogP contribution in [0.2, 0.25) is 0 Å². The molecule has 24 heavy (non-hydrogen) atoms. The normalized spacial score (nSPS) is 14.5. The molecule has 1 saturated heterocycles. The van der Waals surface area contributed by atoms with Crippen molar-refractivity contribution < 1.29 is 14.3 Å². The SMILES string of the molecule is COCCCN(CC(=O)N1CCNCC1)C(=O)c1ccc(C)cc1. The molecule has 0 radical (unpaired) electrons. The Bertz CT molecular complexity index is 539. The summed E-state index contributed by atoms with van der Waals surface area (Å²) in [5.74, 6) is -0.0935. The van der Waals surface area contributed by atoms with Gasteiger partial charge in [-0.05, 0) is 25.5 Å². The van der Waals surface area contributed by atoms with E-state index in [1.54, 1.807) is 12.0 Å². The Hall–Kier alpha value is -1.92. The van der Waals surface area contributed by atoms with Crippen LogP contribution in [0.5, 0.6) is 0 Å². The van der Waals surface area contributed by atoms with E-state index >= 15 is 0 Å². The molecule has 6 heteroatoms. The average Bonchev–Trinajstić information content (AvgIpc) is 2.61. The Kier molecular flexibility index (Phi) is 7.21. The molecule has 1 heterocycles. The molecule has 0 aromatic heterocycles. The molecule has 0 saturated carbocycles. The van der Waals surface area contributed by atoms with Crippen LogP contribution in [0, 0.1) is 6.92 Å². The molecule has 1 aliphatic rings. The lowest BCUT2D eigenvalue weighted by Crippen LogP contribution is -2.50. The Labute approximate surface area is 143 Å². The summed E-state index contributed by atoms with van der Waals surface area (Å²) in [5, 5.41) is 3.23.